The normalized spacial score (nSPS) is 18.4. The Morgan fingerprint density at radius 3 is 2.25 bits per heavy atom. The van der Waals surface area contributed by atoms with Gasteiger partial charge in [0.2, 0.25) is 5.91 Å². The summed E-state index contributed by atoms with van der Waals surface area (Å²) in [7, 11) is 0. The Morgan fingerprint density at radius 1 is 1.03 bits per heavy atom. The first-order valence-electron chi connectivity index (χ1n) is 11.6. The highest BCUT2D eigenvalue weighted by Crippen LogP contribution is 2.41. The fourth-order valence-electron chi connectivity index (χ4n) is 4.99. The maximum atomic E-state index is 13.4. The smallest absolute Gasteiger partial charge is 0.253 e. The molecule has 0 spiro atoms. The van der Waals surface area contributed by atoms with Gasteiger partial charge in [-0.2, -0.15) is 0 Å². The maximum absolute atomic E-state index is 13.4. The second kappa shape index (κ2) is 9.72. The summed E-state index contributed by atoms with van der Waals surface area (Å²) in [6.45, 7) is 3.74. The van der Waals surface area contributed by atoms with E-state index < -0.39 is 5.41 Å². The molecule has 0 aromatic heterocycles. The monoisotopic (exact) mass is 438 g/mol. The third-order valence-corrected chi connectivity index (χ3v) is 6.82. The average Bonchev–Trinajstić information content (AvgIpc) is 3.32. The molecule has 2 amide bonds. The summed E-state index contributed by atoms with van der Waals surface area (Å²) in [5.41, 5.74) is 0.984. The van der Waals surface area contributed by atoms with Crippen molar-refractivity contribution in [2.24, 2.45) is 0 Å². The summed E-state index contributed by atoms with van der Waals surface area (Å²) >= 11 is 0. The van der Waals surface area contributed by atoms with Crippen molar-refractivity contribution in [3.63, 3.8) is 0 Å². The average molecular weight is 439 g/mol. The van der Waals surface area contributed by atoms with Crippen LogP contribution in [0.4, 0.5) is 4.39 Å². The summed E-state index contributed by atoms with van der Waals surface area (Å²) in [5.74, 6) is 0.522. The summed E-state index contributed by atoms with van der Waals surface area (Å²) in [6.07, 6.45) is 5.04. The number of likely N-dealkylation sites (tertiary alicyclic amines) is 1. The van der Waals surface area contributed by atoms with Crippen LogP contribution < -0.4 is 10.1 Å². The van der Waals surface area contributed by atoms with E-state index in [1.165, 1.54) is 12.1 Å². The van der Waals surface area contributed by atoms with Gasteiger partial charge in [0.15, 0.2) is 0 Å². The molecule has 2 aliphatic rings. The molecule has 170 valence electrons. The van der Waals surface area contributed by atoms with Gasteiger partial charge < -0.3 is 15.0 Å². The van der Waals surface area contributed by atoms with Gasteiger partial charge in [0, 0.05) is 24.7 Å². The highest BCUT2D eigenvalue weighted by molar-refractivity contribution is 5.94. The Morgan fingerprint density at radius 2 is 1.66 bits per heavy atom. The van der Waals surface area contributed by atoms with Crippen LogP contribution in [0.3, 0.4) is 0 Å². The predicted octanol–water partition coefficient (Wildman–Crippen LogP) is 4.46. The SMILES string of the molecule is CCOc1ccc(C(=O)N2CCC(NC(=O)C3(c4ccc(F)cc4)CCCC3)CC2)cc1. The highest BCUT2D eigenvalue weighted by Gasteiger charge is 2.43. The minimum absolute atomic E-state index is 0.0106. The van der Waals surface area contributed by atoms with Crippen LogP contribution in [-0.4, -0.2) is 42.5 Å². The zero-order chi connectivity index (χ0) is 22.6. The first kappa shape index (κ1) is 22.3. The van der Waals surface area contributed by atoms with Gasteiger partial charge in [-0.3, -0.25) is 9.59 Å². The first-order chi connectivity index (χ1) is 15.5. The lowest BCUT2D eigenvalue weighted by atomic mass is 9.77. The first-order valence-corrected chi connectivity index (χ1v) is 11.6. The number of ether oxygens (including phenoxy) is 1. The van der Waals surface area contributed by atoms with Crippen LogP contribution in [0.1, 0.15) is 61.4 Å². The van der Waals surface area contributed by atoms with Crippen molar-refractivity contribution in [1.29, 1.82) is 0 Å². The van der Waals surface area contributed by atoms with Crippen LogP contribution in [0.15, 0.2) is 48.5 Å². The zero-order valence-corrected chi connectivity index (χ0v) is 18.6. The predicted molar refractivity (Wildman–Crippen MR) is 121 cm³/mol. The minimum atomic E-state index is -0.567. The molecular weight excluding hydrogens is 407 g/mol. The summed E-state index contributed by atoms with van der Waals surface area (Å²) in [6, 6.07) is 13.7. The van der Waals surface area contributed by atoms with Gasteiger partial charge in [0.1, 0.15) is 11.6 Å². The molecule has 1 aliphatic heterocycles. The van der Waals surface area contributed by atoms with E-state index >= 15 is 0 Å². The largest absolute Gasteiger partial charge is 0.494 e. The molecule has 4 rings (SSSR count). The number of amides is 2. The molecular formula is C26H31FN2O3. The fraction of sp³-hybridized carbons (Fsp3) is 0.462. The fourth-order valence-corrected chi connectivity index (χ4v) is 4.99. The van der Waals surface area contributed by atoms with Crippen LogP contribution in [-0.2, 0) is 10.2 Å². The molecule has 2 aromatic rings. The highest BCUT2D eigenvalue weighted by atomic mass is 19.1. The van der Waals surface area contributed by atoms with Gasteiger partial charge in [-0.25, -0.2) is 4.39 Å². The molecule has 0 unspecified atom stereocenters. The van der Waals surface area contributed by atoms with E-state index in [-0.39, 0.29) is 23.7 Å². The van der Waals surface area contributed by atoms with E-state index in [1.54, 1.807) is 24.3 Å². The number of hydrogen-bond acceptors (Lipinski definition) is 3. The molecule has 6 heteroatoms. The van der Waals surface area contributed by atoms with Gasteiger partial charge >= 0.3 is 0 Å². The molecule has 0 radical (unpaired) electrons. The van der Waals surface area contributed by atoms with Crippen molar-refractivity contribution in [2.75, 3.05) is 19.7 Å². The molecule has 1 saturated heterocycles. The number of rotatable bonds is 6. The number of halogens is 1. The molecule has 0 atom stereocenters. The number of nitrogens with zero attached hydrogens (tertiary/aromatic N) is 1. The van der Waals surface area contributed by atoms with Crippen LogP contribution >= 0.6 is 0 Å². The molecule has 1 N–H and O–H groups in total. The summed E-state index contributed by atoms with van der Waals surface area (Å²) < 4.78 is 18.9. The number of carbonyl (C=O) groups is 2. The third kappa shape index (κ3) is 4.64. The standard InChI is InChI=1S/C26H31FN2O3/c1-2-32-23-11-5-19(6-12-23)24(30)29-17-13-22(14-18-29)28-25(31)26(15-3-4-16-26)20-7-9-21(27)10-8-20/h5-12,22H,2-4,13-18H2,1H3,(H,28,31). The molecule has 1 aliphatic carbocycles. The van der Waals surface area contributed by atoms with E-state index in [4.69, 9.17) is 4.74 Å². The lowest BCUT2D eigenvalue weighted by Gasteiger charge is -2.35. The van der Waals surface area contributed by atoms with Gasteiger partial charge in [0.25, 0.3) is 5.91 Å². The lowest BCUT2D eigenvalue weighted by molar-refractivity contribution is -0.127. The van der Waals surface area contributed by atoms with Crippen molar-refractivity contribution >= 4 is 11.8 Å². The third-order valence-electron chi connectivity index (χ3n) is 6.82. The number of benzene rings is 2. The van der Waals surface area contributed by atoms with Crippen molar-refractivity contribution in [2.45, 2.75) is 56.9 Å². The Bertz CT molecular complexity index is 929. The molecule has 1 saturated carbocycles. The molecule has 1 heterocycles. The topological polar surface area (TPSA) is 58.6 Å². The van der Waals surface area contributed by atoms with E-state index in [0.717, 1.165) is 49.8 Å². The number of nitrogens with one attached hydrogen (secondary N) is 1. The molecule has 32 heavy (non-hydrogen) atoms. The van der Waals surface area contributed by atoms with Crippen molar-refractivity contribution in [3.8, 4) is 5.75 Å². The molecule has 0 bridgehead atoms. The van der Waals surface area contributed by atoms with Crippen molar-refractivity contribution < 1.29 is 18.7 Å². The zero-order valence-electron chi connectivity index (χ0n) is 18.6. The van der Waals surface area contributed by atoms with Crippen LogP contribution in [0.5, 0.6) is 5.75 Å². The number of hydrogen-bond donors (Lipinski definition) is 1. The second-order valence-electron chi connectivity index (χ2n) is 8.79. The van der Waals surface area contributed by atoms with E-state index in [2.05, 4.69) is 5.32 Å². The van der Waals surface area contributed by atoms with Crippen molar-refractivity contribution in [3.05, 3.63) is 65.5 Å². The Balaban J connectivity index is 1.35. The molecule has 5 nitrogen and oxygen atoms in total. The van der Waals surface area contributed by atoms with Crippen LogP contribution in [0.2, 0.25) is 0 Å². The van der Waals surface area contributed by atoms with E-state index in [1.807, 2.05) is 24.0 Å². The van der Waals surface area contributed by atoms with Crippen LogP contribution in [0.25, 0.3) is 0 Å². The lowest BCUT2D eigenvalue weighted by Crippen LogP contribution is -2.51. The number of carbonyl (C=O) groups excluding carboxylic acids is 2. The van der Waals surface area contributed by atoms with Gasteiger partial charge in [0.05, 0.1) is 12.0 Å². The minimum Gasteiger partial charge on any atom is -0.494 e. The quantitative estimate of drug-likeness (QED) is 0.725. The Kier molecular flexibility index (Phi) is 6.77. The second-order valence-corrected chi connectivity index (χ2v) is 8.79. The summed E-state index contributed by atoms with van der Waals surface area (Å²) in [5, 5.41) is 3.25. The summed E-state index contributed by atoms with van der Waals surface area (Å²) in [4.78, 5) is 28.0. The van der Waals surface area contributed by atoms with Crippen LogP contribution in [0, 0.1) is 5.82 Å². The van der Waals surface area contributed by atoms with E-state index in [9.17, 15) is 14.0 Å². The molecule has 2 fully saturated rings. The van der Waals surface area contributed by atoms with Gasteiger partial charge in [-0.05, 0) is 74.6 Å². The van der Waals surface area contributed by atoms with Gasteiger partial charge in [-0.1, -0.05) is 25.0 Å². The Labute approximate surface area is 188 Å². The van der Waals surface area contributed by atoms with Gasteiger partial charge in [-0.15, -0.1) is 0 Å². The number of piperidine rings is 1. The van der Waals surface area contributed by atoms with E-state index in [0.29, 0.717) is 25.3 Å². The Hall–Kier alpha value is -2.89. The van der Waals surface area contributed by atoms with Crippen molar-refractivity contribution in [1.82, 2.24) is 10.2 Å². The maximum Gasteiger partial charge on any atom is 0.253 e. The molecule has 2 aromatic carbocycles.